The van der Waals surface area contributed by atoms with Crippen LogP contribution >= 0.6 is 11.8 Å². The quantitative estimate of drug-likeness (QED) is 0.729. The maximum absolute atomic E-state index is 13.0. The van der Waals surface area contributed by atoms with E-state index in [1.807, 2.05) is 30.0 Å². The van der Waals surface area contributed by atoms with Crippen LogP contribution in [0.1, 0.15) is 33.5 Å². The predicted molar refractivity (Wildman–Crippen MR) is 115 cm³/mol. The maximum Gasteiger partial charge on any atom is 0.335 e. The molecule has 1 saturated heterocycles. The van der Waals surface area contributed by atoms with Gasteiger partial charge < -0.3 is 5.11 Å². The number of halogens is 1. The Morgan fingerprint density at radius 1 is 1.25 bits per heavy atom. The highest BCUT2D eigenvalue weighted by molar-refractivity contribution is 7.99. The first-order valence-corrected chi connectivity index (χ1v) is 10.8. The molecule has 1 heterocycles. The number of rotatable bonds is 7. The highest BCUT2D eigenvalue weighted by Gasteiger charge is 2.26. The van der Waals surface area contributed by atoms with Gasteiger partial charge >= 0.3 is 5.97 Å². The van der Waals surface area contributed by atoms with E-state index in [-0.39, 0.29) is 5.82 Å². The Balaban J connectivity index is 1.71. The van der Waals surface area contributed by atoms with Gasteiger partial charge in [-0.15, -0.1) is 0 Å². The Morgan fingerprint density at radius 2 is 2.00 bits per heavy atom. The topological polar surface area (TPSA) is 40.5 Å². The van der Waals surface area contributed by atoms with Gasteiger partial charge in [-0.05, 0) is 67.5 Å². The minimum Gasteiger partial charge on any atom is -0.478 e. The fourth-order valence-electron chi connectivity index (χ4n) is 3.64. The van der Waals surface area contributed by atoms with Crippen molar-refractivity contribution < 1.29 is 14.3 Å². The van der Waals surface area contributed by atoms with Crippen LogP contribution in [0.4, 0.5) is 4.39 Å². The number of carboxylic acids is 1. The first kappa shape index (κ1) is 20.6. The Bertz CT molecular complexity index is 850. The summed E-state index contributed by atoms with van der Waals surface area (Å²) in [7, 11) is 2.13. The number of aromatic carboxylic acids is 1. The number of hydrogen-bond acceptors (Lipinski definition) is 3. The summed E-state index contributed by atoms with van der Waals surface area (Å²) in [5.74, 6) is -1.17. The SMILES string of the molecule is CSC1CC(/C=C/c2ccc(CCc3ccc(F)cc3)c(C(=O)O)c2)N(C)C1. The van der Waals surface area contributed by atoms with E-state index < -0.39 is 5.97 Å². The van der Waals surface area contributed by atoms with Gasteiger partial charge in [0.05, 0.1) is 5.56 Å². The predicted octanol–water partition coefficient (Wildman–Crippen LogP) is 4.76. The Labute approximate surface area is 170 Å². The molecule has 1 fully saturated rings. The lowest BCUT2D eigenvalue weighted by Gasteiger charge is -2.14. The molecule has 2 aromatic rings. The molecule has 2 aromatic carbocycles. The summed E-state index contributed by atoms with van der Waals surface area (Å²) in [6.07, 6.45) is 8.76. The van der Waals surface area contributed by atoms with E-state index in [2.05, 4.69) is 24.3 Å². The number of likely N-dealkylation sites (N-methyl/N-ethyl adjacent to an activating group) is 1. The first-order valence-electron chi connectivity index (χ1n) is 9.48. The van der Waals surface area contributed by atoms with Crippen molar-refractivity contribution in [2.75, 3.05) is 19.8 Å². The summed E-state index contributed by atoms with van der Waals surface area (Å²) >= 11 is 1.90. The van der Waals surface area contributed by atoms with Gasteiger partial charge in [0.25, 0.3) is 0 Å². The molecule has 28 heavy (non-hydrogen) atoms. The number of nitrogens with zero attached hydrogens (tertiary/aromatic N) is 1. The molecule has 0 saturated carbocycles. The van der Waals surface area contributed by atoms with Crippen LogP contribution in [-0.4, -0.2) is 47.1 Å². The van der Waals surface area contributed by atoms with Crippen molar-refractivity contribution in [2.45, 2.75) is 30.6 Å². The lowest BCUT2D eigenvalue weighted by Crippen LogP contribution is -2.22. The highest BCUT2D eigenvalue weighted by atomic mass is 32.2. The van der Waals surface area contributed by atoms with Crippen LogP contribution in [0.2, 0.25) is 0 Å². The molecule has 0 amide bonds. The molecule has 0 spiro atoms. The van der Waals surface area contributed by atoms with Crippen LogP contribution in [0.3, 0.4) is 0 Å². The minimum absolute atomic E-state index is 0.261. The molecule has 148 valence electrons. The summed E-state index contributed by atoms with van der Waals surface area (Å²) in [6.45, 7) is 1.08. The first-order chi connectivity index (χ1) is 13.5. The number of likely N-dealkylation sites (tertiary alicyclic amines) is 1. The van der Waals surface area contributed by atoms with Gasteiger partial charge in [-0.3, -0.25) is 4.90 Å². The lowest BCUT2D eigenvalue weighted by atomic mass is 9.97. The van der Waals surface area contributed by atoms with Crippen molar-refractivity contribution in [3.05, 3.63) is 76.6 Å². The van der Waals surface area contributed by atoms with Crippen LogP contribution in [0.15, 0.2) is 48.5 Å². The molecule has 5 heteroatoms. The molecule has 1 N–H and O–H groups in total. The Kier molecular flexibility index (Phi) is 6.92. The fraction of sp³-hybridized carbons (Fsp3) is 0.348. The van der Waals surface area contributed by atoms with Crippen LogP contribution in [0.5, 0.6) is 0 Å². The lowest BCUT2D eigenvalue weighted by molar-refractivity contribution is 0.0695. The van der Waals surface area contributed by atoms with Crippen molar-refractivity contribution in [2.24, 2.45) is 0 Å². The Hall–Kier alpha value is -2.11. The molecule has 0 bridgehead atoms. The minimum atomic E-state index is -0.912. The second-order valence-electron chi connectivity index (χ2n) is 7.31. The van der Waals surface area contributed by atoms with Crippen molar-refractivity contribution in [3.8, 4) is 0 Å². The summed E-state index contributed by atoms with van der Waals surface area (Å²) in [5, 5.41) is 10.3. The molecule has 3 rings (SSSR count). The molecule has 3 nitrogen and oxygen atoms in total. The molecule has 1 aliphatic heterocycles. The van der Waals surface area contributed by atoms with Gasteiger partial charge in [0.15, 0.2) is 0 Å². The standard InChI is InChI=1S/C23H26FNO2S/c1-25-15-21(28-2)14-20(25)12-7-17-4-9-18(22(13-17)23(26)27)8-3-16-5-10-19(24)11-6-16/h4-7,9-13,20-21H,3,8,14-15H2,1-2H3,(H,26,27)/b12-7+. The average Bonchev–Trinajstić information content (AvgIpc) is 3.06. The number of benzene rings is 2. The van der Waals surface area contributed by atoms with Crippen molar-refractivity contribution in [1.29, 1.82) is 0 Å². The largest absolute Gasteiger partial charge is 0.478 e. The average molecular weight is 400 g/mol. The van der Waals surface area contributed by atoms with E-state index in [0.717, 1.165) is 29.7 Å². The number of thioether (sulfide) groups is 1. The van der Waals surface area contributed by atoms with E-state index >= 15 is 0 Å². The zero-order chi connectivity index (χ0) is 20.1. The normalized spacial score (nSPS) is 20.1. The van der Waals surface area contributed by atoms with E-state index in [1.165, 1.54) is 12.1 Å². The zero-order valence-electron chi connectivity index (χ0n) is 16.3. The van der Waals surface area contributed by atoms with Gasteiger partial charge in [0.2, 0.25) is 0 Å². The second kappa shape index (κ2) is 9.39. The van der Waals surface area contributed by atoms with E-state index in [9.17, 15) is 14.3 Å². The second-order valence-corrected chi connectivity index (χ2v) is 8.45. The molecular formula is C23H26FNO2S. The fourth-order valence-corrected chi connectivity index (χ4v) is 4.42. The molecular weight excluding hydrogens is 373 g/mol. The van der Waals surface area contributed by atoms with Crippen molar-refractivity contribution >= 4 is 23.8 Å². The number of carbonyl (C=O) groups is 1. The molecule has 0 aromatic heterocycles. The van der Waals surface area contributed by atoms with Crippen molar-refractivity contribution in [3.63, 3.8) is 0 Å². The summed E-state index contributed by atoms with van der Waals surface area (Å²) in [4.78, 5) is 14.1. The van der Waals surface area contributed by atoms with Gasteiger partial charge in [-0.25, -0.2) is 9.18 Å². The molecule has 2 unspecified atom stereocenters. The Morgan fingerprint density at radius 3 is 2.64 bits per heavy atom. The molecule has 0 radical (unpaired) electrons. The smallest absolute Gasteiger partial charge is 0.335 e. The molecule has 2 atom stereocenters. The van der Waals surface area contributed by atoms with Crippen LogP contribution in [-0.2, 0) is 12.8 Å². The summed E-state index contributed by atoms with van der Waals surface area (Å²) in [5.41, 5.74) is 3.04. The highest BCUT2D eigenvalue weighted by Crippen LogP contribution is 2.26. The number of carboxylic acid groups (broad SMARTS) is 1. The number of hydrogen-bond donors (Lipinski definition) is 1. The third kappa shape index (κ3) is 5.24. The van der Waals surface area contributed by atoms with Gasteiger partial charge in [0, 0.05) is 17.8 Å². The van der Waals surface area contributed by atoms with Crippen LogP contribution in [0.25, 0.3) is 6.08 Å². The van der Waals surface area contributed by atoms with Crippen LogP contribution in [0, 0.1) is 5.82 Å². The molecule has 1 aliphatic rings. The maximum atomic E-state index is 13.0. The van der Waals surface area contributed by atoms with Crippen molar-refractivity contribution in [1.82, 2.24) is 4.90 Å². The summed E-state index contributed by atoms with van der Waals surface area (Å²) < 4.78 is 13.0. The van der Waals surface area contributed by atoms with Gasteiger partial charge in [-0.2, -0.15) is 11.8 Å². The van der Waals surface area contributed by atoms with Crippen LogP contribution < -0.4 is 0 Å². The third-order valence-corrected chi connectivity index (χ3v) is 6.38. The van der Waals surface area contributed by atoms with E-state index in [4.69, 9.17) is 0 Å². The summed E-state index contributed by atoms with van der Waals surface area (Å²) in [6, 6.07) is 12.4. The van der Waals surface area contributed by atoms with Gasteiger partial charge in [-0.1, -0.05) is 36.4 Å². The third-order valence-electron chi connectivity index (χ3n) is 5.37. The zero-order valence-corrected chi connectivity index (χ0v) is 17.1. The monoisotopic (exact) mass is 399 g/mol. The van der Waals surface area contributed by atoms with E-state index in [0.29, 0.717) is 29.7 Å². The molecule has 0 aliphatic carbocycles. The van der Waals surface area contributed by atoms with E-state index in [1.54, 1.807) is 18.2 Å². The van der Waals surface area contributed by atoms with Gasteiger partial charge in [0.1, 0.15) is 5.82 Å². The number of aryl methyl sites for hydroxylation is 2.